The third-order valence-electron chi connectivity index (χ3n) is 3.06. The summed E-state index contributed by atoms with van der Waals surface area (Å²) in [6.45, 7) is 5.48. The first-order chi connectivity index (χ1) is 8.82. The van der Waals surface area contributed by atoms with Crippen molar-refractivity contribution in [3.63, 3.8) is 0 Å². The highest BCUT2D eigenvalue weighted by atomic mass is 19.1. The van der Waals surface area contributed by atoms with Crippen molar-refractivity contribution in [2.24, 2.45) is 5.92 Å². The topological polar surface area (TPSA) is 50.4 Å². The number of aryl methyl sites for hydroxylation is 1. The Morgan fingerprint density at radius 1 is 1.37 bits per heavy atom. The maximum atomic E-state index is 13.7. The molecule has 0 bridgehead atoms. The standard InChI is InChI=1S/C14H14F2O3/c1-6(2)4-9-7(3)8-5-10(15)12(17)11(16)13(8)19-14(9)18/h5-6,17H,4H2,1-3H3. The van der Waals surface area contributed by atoms with Crippen LogP contribution in [0.25, 0.3) is 11.0 Å². The average Bonchev–Trinajstić information content (AvgIpc) is 2.33. The van der Waals surface area contributed by atoms with Crippen molar-refractivity contribution in [3.8, 4) is 5.75 Å². The van der Waals surface area contributed by atoms with E-state index < -0.39 is 28.6 Å². The number of hydrogen-bond donors (Lipinski definition) is 1. The molecule has 19 heavy (non-hydrogen) atoms. The van der Waals surface area contributed by atoms with Crippen molar-refractivity contribution < 1.29 is 18.3 Å². The van der Waals surface area contributed by atoms with Crippen LogP contribution in [0, 0.1) is 24.5 Å². The molecule has 5 heteroatoms. The minimum absolute atomic E-state index is 0.169. The lowest BCUT2D eigenvalue weighted by atomic mass is 9.98. The first-order valence-electron chi connectivity index (χ1n) is 5.96. The molecule has 0 aliphatic carbocycles. The summed E-state index contributed by atoms with van der Waals surface area (Å²) in [4.78, 5) is 11.8. The summed E-state index contributed by atoms with van der Waals surface area (Å²) in [5.41, 5.74) is -0.165. The molecule has 0 aliphatic heterocycles. The highest BCUT2D eigenvalue weighted by Gasteiger charge is 2.20. The van der Waals surface area contributed by atoms with Crippen molar-refractivity contribution in [2.45, 2.75) is 27.2 Å². The molecule has 1 N–H and O–H groups in total. The zero-order valence-corrected chi connectivity index (χ0v) is 10.9. The van der Waals surface area contributed by atoms with Crippen molar-refractivity contribution in [1.29, 1.82) is 0 Å². The van der Waals surface area contributed by atoms with Gasteiger partial charge in [-0.15, -0.1) is 0 Å². The van der Waals surface area contributed by atoms with Crippen LogP contribution in [0.1, 0.15) is 25.0 Å². The molecular weight excluding hydrogens is 254 g/mol. The normalized spacial score (nSPS) is 11.5. The van der Waals surface area contributed by atoms with E-state index in [1.54, 1.807) is 6.92 Å². The van der Waals surface area contributed by atoms with Gasteiger partial charge in [0.2, 0.25) is 5.82 Å². The maximum Gasteiger partial charge on any atom is 0.339 e. The summed E-state index contributed by atoms with van der Waals surface area (Å²) in [6, 6.07) is 0.982. The second-order valence-electron chi connectivity index (χ2n) is 4.99. The maximum absolute atomic E-state index is 13.7. The second-order valence-corrected chi connectivity index (χ2v) is 4.99. The molecule has 0 saturated heterocycles. The van der Waals surface area contributed by atoms with Gasteiger partial charge < -0.3 is 9.52 Å². The van der Waals surface area contributed by atoms with E-state index in [0.29, 0.717) is 17.5 Å². The number of aromatic hydroxyl groups is 1. The molecule has 0 spiro atoms. The van der Waals surface area contributed by atoms with E-state index in [4.69, 9.17) is 4.42 Å². The minimum Gasteiger partial charge on any atom is -0.503 e. The van der Waals surface area contributed by atoms with Gasteiger partial charge in [0.15, 0.2) is 17.1 Å². The van der Waals surface area contributed by atoms with Crippen molar-refractivity contribution in [1.82, 2.24) is 0 Å². The van der Waals surface area contributed by atoms with Crippen molar-refractivity contribution in [3.05, 3.63) is 39.2 Å². The number of phenols is 1. The van der Waals surface area contributed by atoms with Crippen LogP contribution in [-0.2, 0) is 6.42 Å². The highest BCUT2D eigenvalue weighted by Crippen LogP contribution is 2.30. The van der Waals surface area contributed by atoms with Gasteiger partial charge in [-0.3, -0.25) is 0 Å². The molecule has 0 amide bonds. The number of benzene rings is 1. The molecule has 0 unspecified atom stereocenters. The predicted octanol–water partition coefficient (Wildman–Crippen LogP) is 3.28. The lowest BCUT2D eigenvalue weighted by molar-refractivity contribution is 0.391. The van der Waals surface area contributed by atoms with Gasteiger partial charge in [0.1, 0.15) is 0 Å². The molecule has 0 aliphatic rings. The van der Waals surface area contributed by atoms with Crippen LogP contribution in [0.5, 0.6) is 5.75 Å². The summed E-state index contributed by atoms with van der Waals surface area (Å²) < 4.78 is 31.9. The fourth-order valence-corrected chi connectivity index (χ4v) is 2.08. The number of rotatable bonds is 2. The Kier molecular flexibility index (Phi) is 3.30. The Hall–Kier alpha value is -1.91. The summed E-state index contributed by atoms with van der Waals surface area (Å²) in [5.74, 6) is -3.23. The fraction of sp³-hybridized carbons (Fsp3) is 0.357. The second kappa shape index (κ2) is 4.64. The molecule has 102 valence electrons. The van der Waals surface area contributed by atoms with Gasteiger partial charge in [0, 0.05) is 10.9 Å². The molecule has 0 radical (unpaired) electrons. The molecule has 2 rings (SSSR count). The number of hydrogen-bond acceptors (Lipinski definition) is 3. The van der Waals surface area contributed by atoms with E-state index in [1.165, 1.54) is 0 Å². The molecular formula is C14H14F2O3. The fourth-order valence-electron chi connectivity index (χ4n) is 2.08. The summed E-state index contributed by atoms with van der Waals surface area (Å²) in [5, 5.41) is 9.36. The van der Waals surface area contributed by atoms with Gasteiger partial charge in [-0.05, 0) is 30.9 Å². The number of phenolic OH excluding ortho intramolecular Hbond substituents is 1. The molecule has 3 nitrogen and oxygen atoms in total. The third kappa shape index (κ3) is 2.20. The summed E-state index contributed by atoms with van der Waals surface area (Å²) in [6.07, 6.45) is 0.466. The van der Waals surface area contributed by atoms with Crippen molar-refractivity contribution >= 4 is 11.0 Å². The summed E-state index contributed by atoms with van der Waals surface area (Å²) >= 11 is 0. The van der Waals surface area contributed by atoms with Crippen LogP contribution in [0.15, 0.2) is 15.3 Å². The van der Waals surface area contributed by atoms with E-state index in [1.807, 2.05) is 13.8 Å². The van der Waals surface area contributed by atoms with Gasteiger partial charge in [-0.1, -0.05) is 13.8 Å². The van der Waals surface area contributed by atoms with Crippen LogP contribution in [0.4, 0.5) is 8.78 Å². The van der Waals surface area contributed by atoms with E-state index in [2.05, 4.69) is 0 Å². The van der Waals surface area contributed by atoms with Crippen LogP contribution in [-0.4, -0.2) is 5.11 Å². The van der Waals surface area contributed by atoms with E-state index in [9.17, 15) is 18.7 Å². The molecule has 0 atom stereocenters. The van der Waals surface area contributed by atoms with Gasteiger partial charge >= 0.3 is 5.63 Å². The summed E-state index contributed by atoms with van der Waals surface area (Å²) in [7, 11) is 0. The smallest absolute Gasteiger partial charge is 0.339 e. The van der Waals surface area contributed by atoms with Crippen LogP contribution < -0.4 is 5.63 Å². The number of halogens is 2. The zero-order valence-electron chi connectivity index (χ0n) is 10.9. The Labute approximate surface area is 108 Å². The van der Waals surface area contributed by atoms with Gasteiger partial charge in [-0.25, -0.2) is 9.18 Å². The zero-order chi connectivity index (χ0) is 14.3. The Morgan fingerprint density at radius 3 is 2.58 bits per heavy atom. The van der Waals surface area contributed by atoms with E-state index in [0.717, 1.165) is 6.07 Å². The lowest BCUT2D eigenvalue weighted by Gasteiger charge is -2.10. The molecule has 0 saturated carbocycles. The quantitative estimate of drug-likeness (QED) is 0.850. The Morgan fingerprint density at radius 2 is 2.00 bits per heavy atom. The largest absolute Gasteiger partial charge is 0.503 e. The Bertz CT molecular complexity index is 702. The van der Waals surface area contributed by atoms with E-state index in [-0.39, 0.29) is 11.3 Å². The SMILES string of the molecule is Cc1c(CC(C)C)c(=O)oc2c(F)c(O)c(F)cc12. The molecule has 0 fully saturated rings. The van der Waals surface area contributed by atoms with E-state index >= 15 is 0 Å². The first kappa shape index (κ1) is 13.5. The Balaban J connectivity index is 2.85. The van der Waals surface area contributed by atoms with Gasteiger partial charge in [0.25, 0.3) is 0 Å². The number of fused-ring (bicyclic) bond motifs is 1. The van der Waals surface area contributed by atoms with Crippen LogP contribution in [0.2, 0.25) is 0 Å². The van der Waals surface area contributed by atoms with Gasteiger partial charge in [-0.2, -0.15) is 4.39 Å². The van der Waals surface area contributed by atoms with Crippen LogP contribution >= 0.6 is 0 Å². The average molecular weight is 268 g/mol. The van der Waals surface area contributed by atoms with Crippen molar-refractivity contribution in [2.75, 3.05) is 0 Å². The lowest BCUT2D eigenvalue weighted by Crippen LogP contribution is -2.13. The third-order valence-corrected chi connectivity index (χ3v) is 3.06. The predicted molar refractivity (Wildman–Crippen MR) is 67.3 cm³/mol. The molecule has 1 aromatic heterocycles. The molecule has 2 aromatic rings. The monoisotopic (exact) mass is 268 g/mol. The van der Waals surface area contributed by atoms with Crippen LogP contribution in [0.3, 0.4) is 0 Å². The highest BCUT2D eigenvalue weighted by molar-refractivity contribution is 5.83. The first-order valence-corrected chi connectivity index (χ1v) is 5.96. The minimum atomic E-state index is -1.24. The van der Waals surface area contributed by atoms with Gasteiger partial charge in [0.05, 0.1) is 0 Å². The molecule has 1 aromatic carbocycles. The molecule has 1 heterocycles.